The molecule has 1 aromatic carbocycles. The lowest BCUT2D eigenvalue weighted by molar-refractivity contribution is -0.119. The van der Waals surface area contributed by atoms with Crippen molar-refractivity contribution in [3.8, 4) is 5.75 Å². The van der Waals surface area contributed by atoms with Crippen LogP contribution in [0.1, 0.15) is 33.1 Å². The number of carbonyl (C=O) groups excluding carboxylic acids is 1. The van der Waals surface area contributed by atoms with Crippen LogP contribution in [0.3, 0.4) is 0 Å². The van der Waals surface area contributed by atoms with Gasteiger partial charge in [-0.15, -0.1) is 0 Å². The van der Waals surface area contributed by atoms with Crippen LogP contribution in [0.2, 0.25) is 0 Å². The minimum atomic E-state index is -3.91. The zero-order valence-electron chi connectivity index (χ0n) is 15.1. The van der Waals surface area contributed by atoms with E-state index in [1.807, 2.05) is 6.92 Å². The van der Waals surface area contributed by atoms with E-state index in [0.29, 0.717) is 10.7 Å². The lowest BCUT2D eigenvalue weighted by atomic mass is 10.2. The van der Waals surface area contributed by atoms with Gasteiger partial charge in [0.15, 0.2) is 0 Å². The molecule has 0 aromatic heterocycles. The van der Waals surface area contributed by atoms with Crippen molar-refractivity contribution in [2.24, 2.45) is 5.92 Å². The lowest BCUT2D eigenvalue weighted by Gasteiger charge is -2.18. The molecule has 0 radical (unpaired) electrons. The quantitative estimate of drug-likeness (QED) is 0.657. The van der Waals surface area contributed by atoms with Crippen molar-refractivity contribution in [3.63, 3.8) is 0 Å². The molecule has 1 unspecified atom stereocenters. The molecule has 146 valence electrons. The highest BCUT2D eigenvalue weighted by molar-refractivity contribution is 7.94. The zero-order valence-corrected chi connectivity index (χ0v) is 16.7. The standard InChI is InChI=1S/C16H24N2O6S2/c1-4-5-6-9-17-26(22,23)15-10-13(7-8-14(15)24-3)18-16(19)12(2)11-25(18,20)21/h7-8,10,12,17H,4-6,9,11H2,1-3H3. The van der Waals surface area contributed by atoms with Crippen molar-refractivity contribution in [2.75, 3.05) is 23.7 Å². The van der Waals surface area contributed by atoms with Gasteiger partial charge in [-0.1, -0.05) is 26.7 Å². The molecule has 1 amide bonds. The third-order valence-corrected chi connectivity index (χ3v) is 7.45. The number of hydrogen-bond donors (Lipinski definition) is 1. The highest BCUT2D eigenvalue weighted by Gasteiger charge is 2.42. The second-order valence-corrected chi connectivity index (χ2v) is 9.82. The minimum absolute atomic E-state index is 0.00548. The Kier molecular flexibility index (Phi) is 6.30. The monoisotopic (exact) mass is 404 g/mol. The number of rotatable bonds is 8. The molecule has 1 saturated heterocycles. The number of unbranched alkanes of at least 4 members (excludes halogenated alkanes) is 2. The van der Waals surface area contributed by atoms with Crippen molar-refractivity contribution in [1.82, 2.24) is 4.72 Å². The maximum Gasteiger partial charge on any atom is 0.244 e. The molecule has 1 fully saturated rings. The van der Waals surface area contributed by atoms with Gasteiger partial charge in [-0.2, -0.15) is 0 Å². The van der Waals surface area contributed by atoms with Crippen LogP contribution in [0, 0.1) is 5.92 Å². The van der Waals surface area contributed by atoms with Crippen LogP contribution in [-0.4, -0.2) is 42.2 Å². The Bertz CT molecular complexity index is 880. The molecule has 1 aliphatic rings. The summed E-state index contributed by atoms with van der Waals surface area (Å²) in [5, 5.41) is 0. The average molecular weight is 405 g/mol. The number of hydrogen-bond acceptors (Lipinski definition) is 6. The Morgan fingerprint density at radius 3 is 2.54 bits per heavy atom. The maximum absolute atomic E-state index is 12.6. The second-order valence-electron chi connectivity index (χ2n) is 6.22. The summed E-state index contributed by atoms with van der Waals surface area (Å²) < 4.78 is 58.0. The summed E-state index contributed by atoms with van der Waals surface area (Å²) in [6.45, 7) is 3.80. The predicted molar refractivity (Wildman–Crippen MR) is 98.1 cm³/mol. The van der Waals surface area contributed by atoms with Gasteiger partial charge in [0.2, 0.25) is 26.0 Å². The third-order valence-electron chi connectivity index (χ3n) is 4.10. The Labute approximate surface area is 154 Å². The summed E-state index contributed by atoms with van der Waals surface area (Å²) in [5.41, 5.74) is -0.00548. The number of carbonyl (C=O) groups is 1. The lowest BCUT2D eigenvalue weighted by Crippen LogP contribution is -2.31. The Balaban J connectivity index is 2.42. The van der Waals surface area contributed by atoms with E-state index >= 15 is 0 Å². The van der Waals surface area contributed by atoms with Crippen LogP contribution in [0.4, 0.5) is 5.69 Å². The molecule has 1 aliphatic heterocycles. The van der Waals surface area contributed by atoms with Gasteiger partial charge >= 0.3 is 0 Å². The SMILES string of the molecule is CCCCCNS(=O)(=O)c1cc(N2C(=O)C(C)CS2(=O)=O)ccc1OC. The topological polar surface area (TPSA) is 110 Å². The fourth-order valence-electron chi connectivity index (χ4n) is 2.75. The molecule has 1 aromatic rings. The van der Waals surface area contributed by atoms with Gasteiger partial charge in [0.25, 0.3) is 0 Å². The van der Waals surface area contributed by atoms with E-state index in [9.17, 15) is 21.6 Å². The molecular weight excluding hydrogens is 380 g/mol. The van der Waals surface area contributed by atoms with Gasteiger partial charge in [0, 0.05) is 6.54 Å². The van der Waals surface area contributed by atoms with Crippen LogP contribution in [-0.2, 0) is 24.8 Å². The van der Waals surface area contributed by atoms with Crippen LogP contribution in [0.5, 0.6) is 5.75 Å². The van der Waals surface area contributed by atoms with E-state index in [-0.39, 0.29) is 28.6 Å². The van der Waals surface area contributed by atoms with E-state index in [0.717, 1.165) is 18.9 Å². The molecule has 8 nitrogen and oxygen atoms in total. The summed E-state index contributed by atoms with van der Waals surface area (Å²) in [7, 11) is -6.40. The van der Waals surface area contributed by atoms with Gasteiger partial charge in [0.1, 0.15) is 10.6 Å². The Morgan fingerprint density at radius 1 is 1.31 bits per heavy atom. The van der Waals surface area contributed by atoms with Gasteiger partial charge in [-0.3, -0.25) is 4.79 Å². The number of sulfonamides is 2. The van der Waals surface area contributed by atoms with Crippen LogP contribution in [0.15, 0.2) is 23.1 Å². The van der Waals surface area contributed by atoms with Gasteiger partial charge in [-0.05, 0) is 24.6 Å². The summed E-state index contributed by atoms with van der Waals surface area (Å²) in [5.74, 6) is -1.47. The maximum atomic E-state index is 12.6. The zero-order chi connectivity index (χ0) is 19.5. The third kappa shape index (κ3) is 4.18. The molecule has 1 heterocycles. The van der Waals surface area contributed by atoms with Crippen molar-refractivity contribution in [1.29, 1.82) is 0 Å². The Hall–Kier alpha value is -1.65. The summed E-state index contributed by atoms with van der Waals surface area (Å²) in [4.78, 5) is 12.0. The van der Waals surface area contributed by atoms with Crippen LogP contribution in [0.25, 0.3) is 0 Å². The van der Waals surface area contributed by atoms with Crippen molar-refractivity contribution in [3.05, 3.63) is 18.2 Å². The number of methoxy groups -OCH3 is 1. The largest absolute Gasteiger partial charge is 0.495 e. The molecule has 0 bridgehead atoms. The number of benzene rings is 1. The van der Waals surface area contributed by atoms with E-state index in [1.165, 1.54) is 26.2 Å². The number of nitrogens with zero attached hydrogens (tertiary/aromatic N) is 1. The molecule has 0 saturated carbocycles. The smallest absolute Gasteiger partial charge is 0.244 e. The van der Waals surface area contributed by atoms with Crippen molar-refractivity contribution >= 4 is 31.6 Å². The summed E-state index contributed by atoms with van der Waals surface area (Å²) >= 11 is 0. The first kappa shape index (κ1) is 20.7. The molecule has 10 heteroatoms. The fraction of sp³-hybridized carbons (Fsp3) is 0.562. The Morgan fingerprint density at radius 2 is 2.00 bits per heavy atom. The van der Waals surface area contributed by atoms with Crippen molar-refractivity contribution in [2.45, 2.75) is 38.0 Å². The highest BCUT2D eigenvalue weighted by Crippen LogP contribution is 2.33. The van der Waals surface area contributed by atoms with Crippen LogP contribution >= 0.6 is 0 Å². The number of ether oxygens (including phenoxy) is 1. The number of amides is 1. The first-order chi connectivity index (χ1) is 12.1. The molecule has 0 aliphatic carbocycles. The van der Waals surface area contributed by atoms with Crippen molar-refractivity contribution < 1.29 is 26.4 Å². The molecular formula is C16H24N2O6S2. The van der Waals surface area contributed by atoms with Gasteiger partial charge < -0.3 is 4.74 Å². The van der Waals surface area contributed by atoms with E-state index in [1.54, 1.807) is 0 Å². The van der Waals surface area contributed by atoms with Crippen LogP contribution < -0.4 is 13.8 Å². The average Bonchev–Trinajstić information content (AvgIpc) is 2.78. The molecule has 0 spiro atoms. The fourth-order valence-corrected chi connectivity index (χ4v) is 5.82. The molecule has 26 heavy (non-hydrogen) atoms. The van der Waals surface area contributed by atoms with E-state index < -0.39 is 31.9 Å². The van der Waals surface area contributed by atoms with E-state index in [4.69, 9.17) is 4.74 Å². The number of nitrogens with one attached hydrogen (secondary N) is 1. The minimum Gasteiger partial charge on any atom is -0.495 e. The molecule has 2 rings (SSSR count). The van der Waals surface area contributed by atoms with Gasteiger partial charge in [0.05, 0.1) is 24.5 Å². The van der Waals surface area contributed by atoms with Gasteiger partial charge in [-0.25, -0.2) is 25.9 Å². The normalized spacial score (nSPS) is 19.7. The molecule has 1 N–H and O–H groups in total. The second kappa shape index (κ2) is 7.93. The molecule has 1 atom stereocenters. The summed E-state index contributed by atoms with van der Waals surface area (Å²) in [6.07, 6.45) is 2.53. The predicted octanol–water partition coefficient (Wildman–Crippen LogP) is 1.48. The number of anilines is 1. The van der Waals surface area contributed by atoms with E-state index in [2.05, 4.69) is 4.72 Å². The highest BCUT2D eigenvalue weighted by atomic mass is 32.2. The first-order valence-corrected chi connectivity index (χ1v) is 11.5. The first-order valence-electron chi connectivity index (χ1n) is 8.38. The summed E-state index contributed by atoms with van der Waals surface area (Å²) in [6, 6.07) is 3.87.